The Morgan fingerprint density at radius 3 is 2.67 bits per heavy atom. The molecule has 0 aromatic heterocycles. The van der Waals surface area contributed by atoms with Gasteiger partial charge in [0.15, 0.2) is 0 Å². The van der Waals surface area contributed by atoms with Crippen LogP contribution in [0.3, 0.4) is 0 Å². The molecule has 1 aliphatic rings. The Kier molecular flexibility index (Phi) is 7.22. The fourth-order valence-corrected chi connectivity index (χ4v) is 3.23. The van der Waals surface area contributed by atoms with E-state index in [1.54, 1.807) is 11.1 Å². The minimum atomic E-state index is 0.338. The van der Waals surface area contributed by atoms with E-state index >= 15 is 0 Å². The van der Waals surface area contributed by atoms with Gasteiger partial charge in [-0.15, -0.1) is 0 Å². The number of rotatable bonds is 6. The summed E-state index contributed by atoms with van der Waals surface area (Å²) in [7, 11) is 0. The van der Waals surface area contributed by atoms with Crippen molar-refractivity contribution in [2.75, 3.05) is 0 Å². The molecule has 21 heavy (non-hydrogen) atoms. The van der Waals surface area contributed by atoms with Gasteiger partial charge in [0.05, 0.1) is 0 Å². The number of hydrogen-bond acceptors (Lipinski definition) is 0. The third kappa shape index (κ3) is 6.08. The average molecular weight is 287 g/mol. The molecule has 0 aromatic rings. The van der Waals surface area contributed by atoms with Gasteiger partial charge in [0.1, 0.15) is 0 Å². The Morgan fingerprint density at radius 2 is 2.05 bits per heavy atom. The first-order chi connectivity index (χ1) is 9.86. The van der Waals surface area contributed by atoms with Crippen LogP contribution in [0.15, 0.2) is 47.1 Å². The van der Waals surface area contributed by atoms with Crippen LogP contribution in [0.1, 0.15) is 73.6 Å². The minimum absolute atomic E-state index is 0.338. The van der Waals surface area contributed by atoms with Gasteiger partial charge >= 0.3 is 0 Å². The van der Waals surface area contributed by atoms with Crippen LogP contribution in [-0.4, -0.2) is 0 Å². The van der Waals surface area contributed by atoms with Gasteiger partial charge in [-0.1, -0.05) is 75.6 Å². The highest BCUT2D eigenvalue weighted by Crippen LogP contribution is 2.40. The van der Waals surface area contributed by atoms with Gasteiger partial charge in [-0.3, -0.25) is 0 Å². The van der Waals surface area contributed by atoms with Crippen LogP contribution in [-0.2, 0) is 0 Å². The van der Waals surface area contributed by atoms with Crippen molar-refractivity contribution in [3.05, 3.63) is 47.1 Å². The largest absolute Gasteiger partial charge is 0.0817 e. The van der Waals surface area contributed by atoms with Crippen LogP contribution in [0.25, 0.3) is 0 Å². The van der Waals surface area contributed by atoms with Gasteiger partial charge in [-0.2, -0.15) is 0 Å². The zero-order chi connectivity index (χ0) is 15.9. The molecule has 0 bridgehead atoms. The van der Waals surface area contributed by atoms with Gasteiger partial charge in [-0.25, -0.2) is 0 Å². The third-order valence-corrected chi connectivity index (χ3v) is 4.60. The summed E-state index contributed by atoms with van der Waals surface area (Å²) >= 11 is 0. The molecule has 0 amide bonds. The zero-order valence-corrected chi connectivity index (χ0v) is 15.0. The number of allylic oxidation sites excluding steroid dienone is 8. The predicted octanol–water partition coefficient (Wildman–Crippen LogP) is 7.01. The highest BCUT2D eigenvalue weighted by molar-refractivity contribution is 5.36. The maximum absolute atomic E-state index is 2.38. The van der Waals surface area contributed by atoms with Crippen LogP contribution >= 0.6 is 0 Å². The molecule has 118 valence electrons. The summed E-state index contributed by atoms with van der Waals surface area (Å²) in [4.78, 5) is 0. The van der Waals surface area contributed by atoms with Gasteiger partial charge < -0.3 is 0 Å². The maximum Gasteiger partial charge on any atom is -0.0104 e. The molecule has 0 aliphatic heterocycles. The van der Waals surface area contributed by atoms with E-state index in [0.29, 0.717) is 11.3 Å². The molecule has 1 atom stereocenters. The van der Waals surface area contributed by atoms with E-state index in [0.717, 1.165) is 0 Å². The quantitative estimate of drug-likeness (QED) is 0.461. The van der Waals surface area contributed by atoms with Crippen molar-refractivity contribution in [2.45, 2.75) is 73.6 Å². The summed E-state index contributed by atoms with van der Waals surface area (Å²) in [5, 5.41) is 0. The standard InChI is InChI=1S/C21H34/c1-7-10-17(2)11-8-12-18(3)14-15-20-19(4)13-9-16-21(20,5)6/h8,11-12,14-15,17H,7,9-10,13,16H2,1-6H3/b11-8-,15-14+,18-12+. The average Bonchev–Trinajstić information content (AvgIpc) is 2.37. The van der Waals surface area contributed by atoms with Gasteiger partial charge in [0.2, 0.25) is 0 Å². The lowest BCUT2D eigenvalue weighted by molar-refractivity contribution is 0.377. The first-order valence-corrected chi connectivity index (χ1v) is 8.60. The molecule has 0 fully saturated rings. The summed E-state index contributed by atoms with van der Waals surface area (Å²) in [5.41, 5.74) is 4.79. The van der Waals surface area contributed by atoms with Crippen molar-refractivity contribution in [2.24, 2.45) is 11.3 Å². The predicted molar refractivity (Wildman–Crippen MR) is 96.4 cm³/mol. The molecule has 0 radical (unpaired) electrons. The fourth-order valence-electron chi connectivity index (χ4n) is 3.23. The van der Waals surface area contributed by atoms with E-state index in [2.05, 4.69) is 71.9 Å². The molecule has 0 heteroatoms. The molecule has 0 heterocycles. The van der Waals surface area contributed by atoms with E-state index in [9.17, 15) is 0 Å². The fraction of sp³-hybridized carbons (Fsp3) is 0.619. The molecule has 0 saturated carbocycles. The van der Waals surface area contributed by atoms with Crippen molar-refractivity contribution in [3.8, 4) is 0 Å². The van der Waals surface area contributed by atoms with Gasteiger partial charge in [0, 0.05) is 0 Å². The summed E-state index contributed by atoms with van der Waals surface area (Å²) in [5.74, 6) is 0.685. The molecule has 1 unspecified atom stereocenters. The van der Waals surface area contributed by atoms with Crippen LogP contribution in [0, 0.1) is 11.3 Å². The number of hydrogen-bond donors (Lipinski definition) is 0. The molecular formula is C21H34. The van der Waals surface area contributed by atoms with Crippen molar-refractivity contribution < 1.29 is 0 Å². The monoisotopic (exact) mass is 286 g/mol. The van der Waals surface area contributed by atoms with Crippen LogP contribution in [0.5, 0.6) is 0 Å². The smallest absolute Gasteiger partial charge is 0.0104 e. The maximum atomic E-state index is 2.38. The lowest BCUT2D eigenvalue weighted by Gasteiger charge is -2.32. The lowest BCUT2D eigenvalue weighted by Crippen LogP contribution is -2.19. The Labute approximate surface area is 132 Å². The lowest BCUT2D eigenvalue weighted by atomic mass is 9.72. The van der Waals surface area contributed by atoms with Crippen LogP contribution in [0.4, 0.5) is 0 Å². The van der Waals surface area contributed by atoms with E-state index in [1.807, 2.05) is 0 Å². The Hall–Kier alpha value is -1.04. The summed E-state index contributed by atoms with van der Waals surface area (Å²) < 4.78 is 0. The van der Waals surface area contributed by atoms with Crippen molar-refractivity contribution in [1.82, 2.24) is 0 Å². The van der Waals surface area contributed by atoms with Gasteiger partial charge in [-0.05, 0) is 56.4 Å². The summed E-state index contributed by atoms with van der Waals surface area (Å²) in [6, 6.07) is 0. The van der Waals surface area contributed by atoms with E-state index in [-0.39, 0.29) is 0 Å². The molecule has 0 spiro atoms. The van der Waals surface area contributed by atoms with Crippen molar-refractivity contribution in [3.63, 3.8) is 0 Å². The Morgan fingerprint density at radius 1 is 1.33 bits per heavy atom. The van der Waals surface area contributed by atoms with Crippen molar-refractivity contribution >= 4 is 0 Å². The normalized spacial score (nSPS) is 21.5. The zero-order valence-electron chi connectivity index (χ0n) is 15.0. The molecular weight excluding hydrogens is 252 g/mol. The second-order valence-corrected chi connectivity index (χ2v) is 7.33. The summed E-state index contributed by atoms with van der Waals surface area (Å²) in [6.45, 7) is 13.8. The van der Waals surface area contributed by atoms with Gasteiger partial charge in [0.25, 0.3) is 0 Å². The molecule has 0 aromatic carbocycles. The van der Waals surface area contributed by atoms with Crippen LogP contribution in [0.2, 0.25) is 0 Å². The molecule has 0 N–H and O–H groups in total. The van der Waals surface area contributed by atoms with E-state index in [1.165, 1.54) is 37.7 Å². The second kappa shape index (κ2) is 8.41. The first kappa shape index (κ1) is 18.0. The molecule has 1 rings (SSSR count). The topological polar surface area (TPSA) is 0 Å². The Bertz CT molecular complexity index is 441. The van der Waals surface area contributed by atoms with Crippen LogP contribution < -0.4 is 0 Å². The third-order valence-electron chi connectivity index (χ3n) is 4.60. The highest BCUT2D eigenvalue weighted by Gasteiger charge is 2.26. The minimum Gasteiger partial charge on any atom is -0.0817 e. The summed E-state index contributed by atoms with van der Waals surface area (Å²) in [6.07, 6.45) is 17.8. The molecule has 1 aliphatic carbocycles. The van der Waals surface area contributed by atoms with E-state index in [4.69, 9.17) is 0 Å². The first-order valence-electron chi connectivity index (χ1n) is 8.60. The molecule has 0 saturated heterocycles. The second-order valence-electron chi connectivity index (χ2n) is 7.33. The van der Waals surface area contributed by atoms with Crippen molar-refractivity contribution in [1.29, 1.82) is 0 Å². The molecule has 0 nitrogen and oxygen atoms in total. The Balaban J connectivity index is 2.71. The SMILES string of the molecule is CCCC(C)\C=C/C=C(C)/C=C/C1=C(C)CCCC1(C)C. The van der Waals surface area contributed by atoms with E-state index < -0.39 is 0 Å². The highest BCUT2D eigenvalue weighted by atomic mass is 14.3.